The third-order valence-electron chi connectivity index (χ3n) is 0.826. The molecule has 1 aliphatic rings. The minimum absolute atomic E-state index is 0.203. The lowest BCUT2D eigenvalue weighted by Gasteiger charge is -2.11. The molecule has 50 valence electrons. The molecule has 0 amide bonds. The zero-order valence-corrected chi connectivity index (χ0v) is 4.48. The zero-order valence-electron chi connectivity index (χ0n) is 4.48. The molecule has 4 heteroatoms. The SMILES string of the molecule is OC1=CC(O)OC(O)=C1. The first-order valence-electron chi connectivity index (χ1n) is 2.34. The molecule has 1 heterocycles. The van der Waals surface area contributed by atoms with E-state index < -0.39 is 12.2 Å². The average molecular weight is 130 g/mol. The van der Waals surface area contributed by atoms with Crippen LogP contribution in [-0.4, -0.2) is 21.6 Å². The lowest BCUT2D eigenvalue weighted by atomic mass is 10.4. The highest BCUT2D eigenvalue weighted by molar-refractivity contribution is 5.15. The van der Waals surface area contributed by atoms with Crippen LogP contribution in [0.4, 0.5) is 0 Å². The van der Waals surface area contributed by atoms with Gasteiger partial charge in [0, 0.05) is 6.08 Å². The van der Waals surface area contributed by atoms with Gasteiger partial charge in [-0.15, -0.1) is 0 Å². The monoisotopic (exact) mass is 130 g/mol. The highest BCUT2D eigenvalue weighted by Crippen LogP contribution is 2.09. The Balaban J connectivity index is 2.74. The van der Waals surface area contributed by atoms with Crippen molar-refractivity contribution in [3.8, 4) is 0 Å². The third-order valence-corrected chi connectivity index (χ3v) is 0.826. The fourth-order valence-electron chi connectivity index (χ4n) is 0.512. The Kier molecular flexibility index (Phi) is 1.32. The Labute approximate surface area is 51.3 Å². The summed E-state index contributed by atoms with van der Waals surface area (Å²) in [6.07, 6.45) is 0.807. The topological polar surface area (TPSA) is 69.9 Å². The zero-order chi connectivity index (χ0) is 6.85. The van der Waals surface area contributed by atoms with Crippen molar-refractivity contribution in [1.82, 2.24) is 0 Å². The molecular formula is C5H6O4. The van der Waals surface area contributed by atoms with Gasteiger partial charge < -0.3 is 20.1 Å². The third kappa shape index (κ3) is 1.36. The molecule has 0 saturated heterocycles. The Morgan fingerprint density at radius 3 is 2.56 bits per heavy atom. The molecule has 0 bridgehead atoms. The van der Waals surface area contributed by atoms with E-state index in [2.05, 4.69) is 4.74 Å². The van der Waals surface area contributed by atoms with Gasteiger partial charge in [0.25, 0.3) is 5.95 Å². The van der Waals surface area contributed by atoms with Crippen molar-refractivity contribution in [1.29, 1.82) is 0 Å². The van der Waals surface area contributed by atoms with Crippen molar-refractivity contribution in [3.05, 3.63) is 23.9 Å². The maximum absolute atomic E-state index is 8.63. The van der Waals surface area contributed by atoms with E-state index in [-0.39, 0.29) is 5.76 Å². The second-order valence-corrected chi connectivity index (χ2v) is 1.58. The molecule has 4 nitrogen and oxygen atoms in total. The van der Waals surface area contributed by atoms with Gasteiger partial charge in [0.15, 0.2) is 0 Å². The molecule has 1 unspecified atom stereocenters. The van der Waals surface area contributed by atoms with Crippen molar-refractivity contribution in [2.24, 2.45) is 0 Å². The molecule has 0 aromatic carbocycles. The minimum atomic E-state index is -1.24. The van der Waals surface area contributed by atoms with Crippen LogP contribution in [0.3, 0.4) is 0 Å². The Morgan fingerprint density at radius 1 is 1.44 bits per heavy atom. The van der Waals surface area contributed by atoms with Crippen LogP contribution in [0, 0.1) is 0 Å². The van der Waals surface area contributed by atoms with Gasteiger partial charge in [-0.1, -0.05) is 0 Å². The first-order chi connectivity index (χ1) is 4.18. The van der Waals surface area contributed by atoms with Crippen LogP contribution >= 0.6 is 0 Å². The Morgan fingerprint density at radius 2 is 2.11 bits per heavy atom. The number of aliphatic hydroxyl groups excluding tert-OH is 3. The quantitative estimate of drug-likeness (QED) is 0.437. The molecule has 3 N–H and O–H groups in total. The number of hydrogen-bond donors (Lipinski definition) is 3. The van der Waals surface area contributed by atoms with E-state index in [1.807, 2.05) is 0 Å². The Bertz CT molecular complexity index is 170. The summed E-state index contributed by atoms with van der Waals surface area (Å²) < 4.78 is 4.29. The highest BCUT2D eigenvalue weighted by Gasteiger charge is 2.10. The van der Waals surface area contributed by atoms with E-state index in [0.29, 0.717) is 0 Å². The van der Waals surface area contributed by atoms with Crippen LogP contribution in [0.1, 0.15) is 0 Å². The molecule has 0 aromatic heterocycles. The van der Waals surface area contributed by atoms with Crippen molar-refractivity contribution in [2.75, 3.05) is 0 Å². The van der Waals surface area contributed by atoms with Crippen molar-refractivity contribution in [3.63, 3.8) is 0 Å². The van der Waals surface area contributed by atoms with Gasteiger partial charge in [0.05, 0.1) is 6.08 Å². The predicted octanol–water partition coefficient (Wildman–Crippen LogP) is 0.176. The van der Waals surface area contributed by atoms with E-state index in [9.17, 15) is 0 Å². The average Bonchev–Trinajstić information content (AvgIpc) is 1.59. The molecule has 1 atom stereocenters. The summed E-state index contributed by atoms with van der Waals surface area (Å²) in [5.74, 6) is -0.686. The summed E-state index contributed by atoms with van der Waals surface area (Å²) in [6, 6.07) is 0. The summed E-state index contributed by atoms with van der Waals surface area (Å²) in [6.45, 7) is 0. The maximum Gasteiger partial charge on any atom is 0.282 e. The van der Waals surface area contributed by atoms with Gasteiger partial charge >= 0.3 is 0 Å². The van der Waals surface area contributed by atoms with Crippen LogP contribution in [0.25, 0.3) is 0 Å². The lowest BCUT2D eigenvalue weighted by Crippen LogP contribution is -2.12. The molecule has 9 heavy (non-hydrogen) atoms. The summed E-state index contributed by atoms with van der Waals surface area (Å²) in [5.41, 5.74) is 0. The van der Waals surface area contributed by atoms with Crippen molar-refractivity contribution < 1.29 is 20.1 Å². The van der Waals surface area contributed by atoms with E-state index in [1.54, 1.807) is 0 Å². The van der Waals surface area contributed by atoms with E-state index in [0.717, 1.165) is 12.2 Å². The smallest absolute Gasteiger partial charge is 0.282 e. The predicted molar refractivity (Wildman–Crippen MR) is 28.5 cm³/mol. The summed E-state index contributed by atoms with van der Waals surface area (Å²) in [4.78, 5) is 0. The number of ether oxygens (including phenoxy) is 1. The summed E-state index contributed by atoms with van der Waals surface area (Å²) in [7, 11) is 0. The second kappa shape index (κ2) is 1.99. The molecule has 0 spiro atoms. The highest BCUT2D eigenvalue weighted by atomic mass is 16.7. The number of rotatable bonds is 0. The number of aliphatic hydroxyl groups is 3. The standard InChI is InChI=1S/C5H6O4/c6-3-1-4(7)9-5(8)2-3/h1-2,4,6-8H. The van der Waals surface area contributed by atoms with E-state index in [1.165, 1.54) is 0 Å². The van der Waals surface area contributed by atoms with Gasteiger partial charge in [0.2, 0.25) is 6.29 Å². The molecule has 1 rings (SSSR count). The molecule has 0 fully saturated rings. The normalized spacial score (nSPS) is 26.1. The van der Waals surface area contributed by atoms with Gasteiger partial charge in [-0.3, -0.25) is 0 Å². The van der Waals surface area contributed by atoms with Gasteiger partial charge in [-0.05, 0) is 0 Å². The molecule has 0 radical (unpaired) electrons. The molecule has 0 aliphatic carbocycles. The van der Waals surface area contributed by atoms with Crippen LogP contribution in [0.5, 0.6) is 0 Å². The van der Waals surface area contributed by atoms with Gasteiger partial charge in [0.1, 0.15) is 5.76 Å². The number of hydrogen-bond acceptors (Lipinski definition) is 4. The lowest BCUT2D eigenvalue weighted by molar-refractivity contribution is -0.0735. The van der Waals surface area contributed by atoms with E-state index >= 15 is 0 Å². The molecule has 1 aliphatic heterocycles. The largest absolute Gasteiger partial charge is 0.508 e. The van der Waals surface area contributed by atoms with Crippen molar-refractivity contribution in [2.45, 2.75) is 6.29 Å². The first-order valence-corrected chi connectivity index (χ1v) is 2.34. The van der Waals surface area contributed by atoms with Gasteiger partial charge in [-0.25, -0.2) is 0 Å². The molecule has 0 saturated carbocycles. The Hall–Kier alpha value is -1.16. The summed E-state index contributed by atoms with van der Waals surface area (Å²) in [5, 5.41) is 25.8. The fraction of sp³-hybridized carbons (Fsp3) is 0.200. The van der Waals surface area contributed by atoms with Crippen LogP contribution in [-0.2, 0) is 4.74 Å². The van der Waals surface area contributed by atoms with Crippen LogP contribution in [0.15, 0.2) is 23.9 Å². The molecule has 0 aromatic rings. The van der Waals surface area contributed by atoms with Crippen LogP contribution < -0.4 is 0 Å². The first kappa shape index (κ1) is 5.97. The molecular weight excluding hydrogens is 124 g/mol. The maximum atomic E-state index is 8.63. The second-order valence-electron chi connectivity index (χ2n) is 1.58. The fourth-order valence-corrected chi connectivity index (χ4v) is 0.512. The van der Waals surface area contributed by atoms with Gasteiger partial charge in [-0.2, -0.15) is 0 Å². The number of allylic oxidation sites excluding steroid dienone is 1. The summed E-state index contributed by atoms with van der Waals surface area (Å²) >= 11 is 0. The van der Waals surface area contributed by atoms with Crippen molar-refractivity contribution >= 4 is 0 Å². The van der Waals surface area contributed by atoms with Crippen LogP contribution in [0.2, 0.25) is 0 Å². The minimum Gasteiger partial charge on any atom is -0.508 e. The van der Waals surface area contributed by atoms with E-state index in [4.69, 9.17) is 15.3 Å².